The maximum absolute atomic E-state index is 6.68. The molecule has 0 bridgehead atoms. The second-order valence-electron chi connectivity index (χ2n) is 8.38. The van der Waals surface area contributed by atoms with E-state index in [1.165, 1.54) is 63.7 Å². The van der Waals surface area contributed by atoms with Crippen molar-refractivity contribution < 1.29 is 8.98 Å². The first kappa shape index (κ1) is 17.9. The molecule has 3 aromatic heterocycles. The molecule has 5 aromatic rings. The summed E-state index contributed by atoms with van der Waals surface area (Å²) in [7, 11) is 2.10. The zero-order chi connectivity index (χ0) is 20.2. The SMILES string of the molecule is Cc1ccc2c(oc3c(-c4cc5c(s4)CCCC5)cccc32)c1-c1cccc[n+]1C. The second kappa shape index (κ2) is 6.82. The maximum atomic E-state index is 6.68. The fourth-order valence-electron chi connectivity index (χ4n) is 4.88. The second-order valence-corrected chi connectivity index (χ2v) is 9.52. The summed E-state index contributed by atoms with van der Waals surface area (Å²) >= 11 is 1.96. The lowest BCUT2D eigenvalue weighted by molar-refractivity contribution is -0.660. The average molecular weight is 411 g/mol. The zero-order valence-corrected chi connectivity index (χ0v) is 18.2. The van der Waals surface area contributed by atoms with Gasteiger partial charge in [-0.3, -0.25) is 0 Å². The van der Waals surface area contributed by atoms with E-state index in [-0.39, 0.29) is 0 Å². The van der Waals surface area contributed by atoms with Crippen LogP contribution in [0.15, 0.2) is 65.2 Å². The summed E-state index contributed by atoms with van der Waals surface area (Å²) in [5.41, 5.74) is 8.36. The minimum absolute atomic E-state index is 0.987. The van der Waals surface area contributed by atoms with Crippen LogP contribution in [0.3, 0.4) is 0 Å². The molecule has 148 valence electrons. The Morgan fingerprint density at radius 3 is 2.63 bits per heavy atom. The van der Waals surface area contributed by atoms with Crippen LogP contribution in [-0.2, 0) is 19.9 Å². The Balaban J connectivity index is 1.64. The molecule has 1 aliphatic carbocycles. The van der Waals surface area contributed by atoms with Gasteiger partial charge in [-0.15, -0.1) is 11.3 Å². The Bertz CT molecular complexity index is 1400. The average Bonchev–Trinajstić information content (AvgIpc) is 3.35. The summed E-state index contributed by atoms with van der Waals surface area (Å²) in [6, 6.07) is 19.8. The van der Waals surface area contributed by atoms with E-state index in [1.807, 2.05) is 11.3 Å². The van der Waals surface area contributed by atoms with Crippen LogP contribution in [0.4, 0.5) is 0 Å². The maximum Gasteiger partial charge on any atom is 0.216 e. The van der Waals surface area contributed by atoms with Crippen molar-refractivity contribution in [1.29, 1.82) is 0 Å². The molecule has 0 spiro atoms. The number of hydrogen-bond acceptors (Lipinski definition) is 2. The van der Waals surface area contributed by atoms with Gasteiger partial charge in [0.2, 0.25) is 5.69 Å². The first-order valence-corrected chi connectivity index (χ1v) is 11.5. The van der Waals surface area contributed by atoms with E-state index in [9.17, 15) is 0 Å². The molecule has 0 radical (unpaired) electrons. The number of hydrogen-bond donors (Lipinski definition) is 0. The highest BCUT2D eigenvalue weighted by atomic mass is 32.1. The minimum atomic E-state index is 0.987. The van der Waals surface area contributed by atoms with E-state index in [1.54, 1.807) is 10.4 Å². The van der Waals surface area contributed by atoms with Crippen molar-refractivity contribution in [1.82, 2.24) is 0 Å². The number of rotatable bonds is 2. The Hall–Kier alpha value is -2.91. The van der Waals surface area contributed by atoms with Gasteiger partial charge in [0, 0.05) is 38.2 Å². The summed E-state index contributed by atoms with van der Waals surface area (Å²) in [6.45, 7) is 2.17. The van der Waals surface area contributed by atoms with E-state index < -0.39 is 0 Å². The quantitative estimate of drug-likeness (QED) is 0.287. The van der Waals surface area contributed by atoms with Crippen LogP contribution < -0.4 is 4.57 Å². The topological polar surface area (TPSA) is 17.0 Å². The zero-order valence-electron chi connectivity index (χ0n) is 17.4. The highest BCUT2D eigenvalue weighted by Crippen LogP contribution is 2.43. The van der Waals surface area contributed by atoms with Gasteiger partial charge >= 0.3 is 0 Å². The van der Waals surface area contributed by atoms with Gasteiger partial charge in [-0.05, 0) is 61.9 Å². The van der Waals surface area contributed by atoms with Crippen molar-refractivity contribution in [3.05, 3.63) is 76.8 Å². The predicted molar refractivity (Wildman–Crippen MR) is 125 cm³/mol. The molecule has 0 saturated carbocycles. The summed E-state index contributed by atoms with van der Waals surface area (Å²) in [5.74, 6) is 0. The van der Waals surface area contributed by atoms with E-state index in [0.717, 1.165) is 11.2 Å². The van der Waals surface area contributed by atoms with Gasteiger partial charge in [0.25, 0.3) is 0 Å². The summed E-state index contributed by atoms with van der Waals surface area (Å²) in [5, 5.41) is 2.39. The van der Waals surface area contributed by atoms with E-state index in [2.05, 4.69) is 79.3 Å². The standard InChI is InChI=1S/C27H24NOS/c1-17-13-14-20-19-9-7-10-21(24-16-18-8-3-4-12-23(18)30-24)26(19)29-27(20)25(17)22-11-5-6-15-28(22)2/h5-7,9-11,13-16H,3-4,8,12H2,1-2H3/q+1. The van der Waals surface area contributed by atoms with E-state index in [4.69, 9.17) is 4.42 Å². The molecule has 1 aliphatic rings. The number of aromatic nitrogens is 1. The number of nitrogens with zero attached hydrogens (tertiary/aromatic N) is 1. The van der Waals surface area contributed by atoms with Gasteiger partial charge in [-0.1, -0.05) is 24.3 Å². The fraction of sp³-hybridized carbons (Fsp3) is 0.222. The molecule has 30 heavy (non-hydrogen) atoms. The molecule has 0 unspecified atom stereocenters. The third-order valence-corrected chi connectivity index (χ3v) is 7.72. The normalized spacial score (nSPS) is 13.8. The molecule has 0 N–H and O–H groups in total. The Morgan fingerprint density at radius 2 is 1.77 bits per heavy atom. The number of benzene rings is 2. The van der Waals surface area contributed by atoms with E-state index in [0.29, 0.717) is 0 Å². The van der Waals surface area contributed by atoms with Gasteiger partial charge in [-0.2, -0.15) is 0 Å². The molecule has 2 nitrogen and oxygen atoms in total. The molecule has 6 rings (SSSR count). The fourth-order valence-corrected chi connectivity index (χ4v) is 6.15. The van der Waals surface area contributed by atoms with Crippen molar-refractivity contribution in [2.75, 3.05) is 0 Å². The number of pyridine rings is 1. The number of fused-ring (bicyclic) bond motifs is 4. The third kappa shape index (κ3) is 2.65. The number of aryl methyl sites for hydroxylation is 4. The largest absolute Gasteiger partial charge is 0.454 e. The van der Waals surface area contributed by atoms with Crippen LogP contribution in [-0.4, -0.2) is 0 Å². The number of para-hydroxylation sites is 1. The van der Waals surface area contributed by atoms with Crippen LogP contribution in [0.1, 0.15) is 28.8 Å². The molecule has 0 aliphatic heterocycles. The van der Waals surface area contributed by atoms with Gasteiger partial charge in [0.1, 0.15) is 18.2 Å². The van der Waals surface area contributed by atoms with Crippen LogP contribution in [0.5, 0.6) is 0 Å². The minimum Gasteiger partial charge on any atom is -0.454 e. The molecule has 0 fully saturated rings. The molecule has 0 amide bonds. The van der Waals surface area contributed by atoms with Crippen molar-refractivity contribution in [2.45, 2.75) is 32.6 Å². The lowest BCUT2D eigenvalue weighted by Crippen LogP contribution is -2.30. The van der Waals surface area contributed by atoms with Crippen LogP contribution in [0.2, 0.25) is 0 Å². The van der Waals surface area contributed by atoms with Crippen molar-refractivity contribution in [2.24, 2.45) is 7.05 Å². The first-order chi connectivity index (χ1) is 14.7. The summed E-state index contributed by atoms with van der Waals surface area (Å²) < 4.78 is 8.85. The molecular weight excluding hydrogens is 386 g/mol. The smallest absolute Gasteiger partial charge is 0.216 e. The van der Waals surface area contributed by atoms with Gasteiger partial charge < -0.3 is 4.42 Å². The highest BCUT2D eigenvalue weighted by molar-refractivity contribution is 7.15. The van der Waals surface area contributed by atoms with Crippen molar-refractivity contribution >= 4 is 33.3 Å². The molecular formula is C27H24NOS+. The summed E-state index contributed by atoms with van der Waals surface area (Å²) in [4.78, 5) is 2.91. The van der Waals surface area contributed by atoms with Gasteiger partial charge in [0.15, 0.2) is 6.20 Å². The van der Waals surface area contributed by atoms with Crippen molar-refractivity contribution in [3.63, 3.8) is 0 Å². The number of furan rings is 1. The molecule has 0 atom stereocenters. The molecule has 0 saturated heterocycles. The van der Waals surface area contributed by atoms with Crippen LogP contribution in [0.25, 0.3) is 43.6 Å². The lowest BCUT2D eigenvalue weighted by Gasteiger charge is -2.08. The third-order valence-electron chi connectivity index (χ3n) is 6.45. The van der Waals surface area contributed by atoms with Gasteiger partial charge in [-0.25, -0.2) is 4.57 Å². The highest BCUT2D eigenvalue weighted by Gasteiger charge is 2.22. The Labute approximate surface area is 180 Å². The predicted octanol–water partition coefficient (Wildman–Crippen LogP) is 6.99. The summed E-state index contributed by atoms with van der Waals surface area (Å²) in [6.07, 6.45) is 7.17. The molecule has 3 heteroatoms. The monoisotopic (exact) mass is 410 g/mol. The molecule has 2 aromatic carbocycles. The Kier molecular flexibility index (Phi) is 4.07. The van der Waals surface area contributed by atoms with Crippen LogP contribution in [0, 0.1) is 6.92 Å². The van der Waals surface area contributed by atoms with Crippen LogP contribution >= 0.6 is 11.3 Å². The number of thiophene rings is 1. The lowest BCUT2D eigenvalue weighted by atomic mass is 9.98. The van der Waals surface area contributed by atoms with Crippen molar-refractivity contribution in [3.8, 4) is 21.7 Å². The van der Waals surface area contributed by atoms with E-state index >= 15 is 0 Å². The molecule has 3 heterocycles. The first-order valence-electron chi connectivity index (χ1n) is 10.7. The Morgan fingerprint density at radius 1 is 0.900 bits per heavy atom. The van der Waals surface area contributed by atoms with Gasteiger partial charge in [0.05, 0.1) is 5.56 Å².